The Morgan fingerprint density at radius 2 is 2.21 bits per heavy atom. The number of carbonyl (C=O) groups is 1. The molecule has 0 radical (unpaired) electrons. The molecular formula is C26H27ClN4O3. The van der Waals surface area contributed by atoms with Crippen molar-refractivity contribution in [2.75, 3.05) is 13.7 Å². The zero-order valence-electron chi connectivity index (χ0n) is 19.2. The molecule has 3 heterocycles. The first-order valence-corrected chi connectivity index (χ1v) is 11.8. The monoisotopic (exact) mass is 478 g/mol. The second-order valence-electron chi connectivity index (χ2n) is 8.74. The van der Waals surface area contributed by atoms with Gasteiger partial charge in [-0.2, -0.15) is 5.10 Å². The van der Waals surface area contributed by atoms with Gasteiger partial charge in [0.1, 0.15) is 5.75 Å². The molecule has 2 aromatic heterocycles. The van der Waals surface area contributed by atoms with E-state index in [4.69, 9.17) is 26.8 Å². The number of methoxy groups -OCH3 is 1. The number of ether oxygens (including phenoxy) is 2. The number of benzene rings is 2. The number of rotatable bonds is 7. The lowest BCUT2D eigenvalue weighted by atomic mass is 9.89. The van der Waals surface area contributed by atoms with E-state index in [-0.39, 0.29) is 17.7 Å². The van der Waals surface area contributed by atoms with E-state index in [1.165, 1.54) is 0 Å². The summed E-state index contributed by atoms with van der Waals surface area (Å²) in [5.74, 6) is 1.17. The van der Waals surface area contributed by atoms with E-state index < -0.39 is 0 Å². The fourth-order valence-corrected chi connectivity index (χ4v) is 4.77. The third kappa shape index (κ3) is 4.06. The van der Waals surface area contributed by atoms with E-state index in [9.17, 15) is 4.79 Å². The first kappa shape index (κ1) is 22.5. The highest BCUT2D eigenvalue weighted by atomic mass is 35.5. The Balaban J connectivity index is 1.55. The molecule has 1 aliphatic heterocycles. The molecule has 0 aliphatic carbocycles. The quantitative estimate of drug-likeness (QED) is 0.370. The van der Waals surface area contributed by atoms with Crippen LogP contribution in [0, 0.1) is 5.92 Å². The summed E-state index contributed by atoms with van der Waals surface area (Å²) in [5.41, 5.74) is 10.7. The maximum Gasteiger partial charge on any atom is 0.216 e. The zero-order valence-corrected chi connectivity index (χ0v) is 19.9. The van der Waals surface area contributed by atoms with Crippen molar-refractivity contribution in [2.45, 2.75) is 32.4 Å². The average Bonchev–Trinajstić information content (AvgIpc) is 3.47. The minimum absolute atomic E-state index is 0.0160. The number of nitrogens with one attached hydrogen (secondary N) is 1. The molecule has 8 heteroatoms. The minimum Gasteiger partial charge on any atom is -0.493 e. The summed E-state index contributed by atoms with van der Waals surface area (Å²) in [7, 11) is 1.60. The van der Waals surface area contributed by atoms with Crippen LogP contribution in [0.25, 0.3) is 22.0 Å². The van der Waals surface area contributed by atoms with Crippen molar-refractivity contribution in [3.63, 3.8) is 0 Å². The van der Waals surface area contributed by atoms with Crippen molar-refractivity contribution in [3.8, 4) is 22.8 Å². The maximum absolute atomic E-state index is 13.7. The number of aromatic nitrogens is 3. The largest absolute Gasteiger partial charge is 0.493 e. The van der Waals surface area contributed by atoms with Gasteiger partial charge >= 0.3 is 0 Å². The lowest BCUT2D eigenvalue weighted by Crippen LogP contribution is -2.28. The van der Waals surface area contributed by atoms with Crippen LogP contribution in [0.2, 0.25) is 5.02 Å². The number of hydrogen-bond donors (Lipinski definition) is 2. The summed E-state index contributed by atoms with van der Waals surface area (Å²) in [6.45, 7) is 3.02. The van der Waals surface area contributed by atoms with Gasteiger partial charge in [0.15, 0.2) is 5.78 Å². The Hall–Kier alpha value is -3.29. The van der Waals surface area contributed by atoms with Crippen molar-refractivity contribution >= 4 is 28.3 Å². The highest BCUT2D eigenvalue weighted by molar-refractivity contribution is 6.30. The summed E-state index contributed by atoms with van der Waals surface area (Å²) in [5, 5.41) is 8.50. The number of H-pyrrole nitrogens is 1. The lowest BCUT2D eigenvalue weighted by Gasteiger charge is -2.24. The van der Waals surface area contributed by atoms with Gasteiger partial charge in [0.05, 0.1) is 31.4 Å². The van der Waals surface area contributed by atoms with Gasteiger partial charge in [0, 0.05) is 40.3 Å². The number of Topliss-reactive ketones (excluding diaryl/α,β-unsaturated/α-hetero) is 1. The number of hydrogen-bond acceptors (Lipinski definition) is 5. The third-order valence-corrected chi connectivity index (χ3v) is 6.76. The van der Waals surface area contributed by atoms with Crippen molar-refractivity contribution < 1.29 is 14.3 Å². The molecule has 0 saturated carbocycles. The average molecular weight is 479 g/mol. The predicted molar refractivity (Wildman–Crippen MR) is 133 cm³/mol. The fourth-order valence-electron chi connectivity index (χ4n) is 4.58. The Morgan fingerprint density at radius 1 is 1.35 bits per heavy atom. The van der Waals surface area contributed by atoms with Crippen LogP contribution in [0.3, 0.4) is 0 Å². The molecule has 0 amide bonds. The van der Waals surface area contributed by atoms with Gasteiger partial charge in [-0.15, -0.1) is 0 Å². The molecule has 4 aromatic rings. The van der Waals surface area contributed by atoms with Crippen molar-refractivity contribution in [1.82, 2.24) is 14.8 Å². The summed E-state index contributed by atoms with van der Waals surface area (Å²) >= 11 is 6.17. The molecule has 2 aromatic carbocycles. The molecule has 1 unspecified atom stereocenters. The van der Waals surface area contributed by atoms with Crippen LogP contribution in [-0.4, -0.2) is 40.3 Å². The topological polar surface area (TPSA) is 95.2 Å². The second kappa shape index (κ2) is 9.16. The second-order valence-corrected chi connectivity index (χ2v) is 9.18. The van der Waals surface area contributed by atoms with Gasteiger partial charge in [-0.3, -0.25) is 4.79 Å². The van der Waals surface area contributed by atoms with Gasteiger partial charge in [0.2, 0.25) is 5.88 Å². The molecule has 0 fully saturated rings. The third-order valence-electron chi connectivity index (χ3n) is 6.52. The molecular weight excluding hydrogens is 452 g/mol. The molecule has 176 valence electrons. The summed E-state index contributed by atoms with van der Waals surface area (Å²) in [4.78, 5) is 13.7. The number of halogens is 1. The summed E-state index contributed by atoms with van der Waals surface area (Å²) < 4.78 is 13.4. The molecule has 5 rings (SSSR count). The standard InChI is InChI=1S/C26H27ClN4O3/c1-3-19(28)12-31-13-22(25(32)17-8-16-9-18(27)5-7-24(16)34-14-17)20-6-4-15(10-23(20)31)21-11-29-30-26(21)33-2/h4-7,9-11,13,17,19H,3,8,12,14,28H2,1-2H3,(H,29,30)/t17?,19-/m0/s1. The van der Waals surface area contributed by atoms with E-state index in [2.05, 4.69) is 27.8 Å². The number of nitrogens with two attached hydrogens (primary N) is 1. The molecule has 1 aliphatic rings. The van der Waals surface area contributed by atoms with Crippen molar-refractivity contribution in [2.24, 2.45) is 11.7 Å². The van der Waals surface area contributed by atoms with Crippen LogP contribution >= 0.6 is 11.6 Å². The Morgan fingerprint density at radius 3 is 3.00 bits per heavy atom. The Bertz CT molecular complexity index is 1360. The number of nitrogens with zero attached hydrogens (tertiary/aromatic N) is 2. The van der Waals surface area contributed by atoms with Crippen LogP contribution < -0.4 is 15.2 Å². The minimum atomic E-state index is -0.279. The van der Waals surface area contributed by atoms with Gasteiger partial charge < -0.3 is 19.8 Å². The highest BCUT2D eigenvalue weighted by Crippen LogP contribution is 2.35. The predicted octanol–water partition coefficient (Wildman–Crippen LogP) is 4.86. The number of fused-ring (bicyclic) bond motifs is 2. The van der Waals surface area contributed by atoms with Crippen LogP contribution in [0.5, 0.6) is 11.6 Å². The van der Waals surface area contributed by atoms with E-state index in [1.54, 1.807) is 19.4 Å². The normalized spacial score (nSPS) is 16.2. The van der Waals surface area contributed by atoms with E-state index in [1.807, 2.05) is 30.5 Å². The van der Waals surface area contributed by atoms with Crippen LogP contribution in [0.4, 0.5) is 0 Å². The molecule has 7 nitrogen and oxygen atoms in total. The van der Waals surface area contributed by atoms with Crippen LogP contribution in [0.15, 0.2) is 48.8 Å². The molecule has 2 atom stereocenters. The van der Waals surface area contributed by atoms with Crippen LogP contribution in [0.1, 0.15) is 29.3 Å². The van der Waals surface area contributed by atoms with Crippen LogP contribution in [-0.2, 0) is 13.0 Å². The van der Waals surface area contributed by atoms with E-state index >= 15 is 0 Å². The van der Waals surface area contributed by atoms with E-state index in [0.29, 0.717) is 36.0 Å². The van der Waals surface area contributed by atoms with Crippen molar-refractivity contribution in [3.05, 3.63) is 64.9 Å². The highest BCUT2D eigenvalue weighted by Gasteiger charge is 2.29. The summed E-state index contributed by atoms with van der Waals surface area (Å²) in [6, 6.07) is 11.6. The van der Waals surface area contributed by atoms with Gasteiger partial charge in [0.25, 0.3) is 0 Å². The van der Waals surface area contributed by atoms with Crippen molar-refractivity contribution in [1.29, 1.82) is 0 Å². The number of aromatic amines is 1. The van der Waals surface area contributed by atoms with E-state index in [0.717, 1.165) is 39.8 Å². The SMILES string of the molecule is CC[C@H](N)Cn1cc(C(=O)C2COc3ccc(Cl)cc3C2)c2ccc(-c3cn[nH]c3OC)cc21. The Kier molecular flexibility index (Phi) is 6.06. The molecule has 34 heavy (non-hydrogen) atoms. The number of ketones is 1. The van der Waals surface area contributed by atoms with Gasteiger partial charge in [-0.1, -0.05) is 30.7 Å². The maximum atomic E-state index is 13.7. The van der Waals surface area contributed by atoms with Gasteiger partial charge in [-0.05, 0) is 48.2 Å². The lowest BCUT2D eigenvalue weighted by molar-refractivity contribution is 0.0856. The van der Waals surface area contributed by atoms with Gasteiger partial charge in [-0.25, -0.2) is 5.10 Å². The molecule has 0 spiro atoms. The first-order chi connectivity index (χ1) is 16.5. The summed E-state index contributed by atoms with van der Waals surface area (Å²) in [6.07, 6.45) is 5.11. The molecule has 3 N–H and O–H groups in total. The molecule has 0 bridgehead atoms. The smallest absolute Gasteiger partial charge is 0.216 e. The first-order valence-electron chi connectivity index (χ1n) is 11.4. The Labute approximate surface area is 202 Å². The molecule has 0 saturated heterocycles. The fraction of sp³-hybridized carbons (Fsp3) is 0.308. The zero-order chi connectivity index (χ0) is 23.8. The number of carbonyl (C=O) groups excluding carboxylic acids is 1.